The summed E-state index contributed by atoms with van der Waals surface area (Å²) in [4.78, 5) is 6.64. The zero-order chi connectivity index (χ0) is 26.2. The lowest BCUT2D eigenvalue weighted by Crippen LogP contribution is -2.30. The van der Waals surface area contributed by atoms with E-state index < -0.39 is 10.0 Å². The molecule has 5 rings (SSSR count). The lowest BCUT2D eigenvalue weighted by atomic mass is 10.0. The van der Waals surface area contributed by atoms with Crippen molar-refractivity contribution in [3.8, 4) is 11.4 Å². The summed E-state index contributed by atoms with van der Waals surface area (Å²) >= 11 is 5.87. The number of aromatic nitrogens is 2. The van der Waals surface area contributed by atoms with Gasteiger partial charge in [-0.3, -0.25) is 9.71 Å². The molecule has 0 spiro atoms. The van der Waals surface area contributed by atoms with Gasteiger partial charge in [0.15, 0.2) is 5.11 Å². The molecule has 3 heterocycles. The SMILES string of the molecule is COc1ccc(N2C(=S)NC(c3ccccn3)C2c2ccc(C)n2-c2ccccc2)cc1NS(C)(=O)=O. The number of aryl methyl sites for hydroxylation is 1. The predicted molar refractivity (Wildman–Crippen MR) is 150 cm³/mol. The number of ether oxygens (including phenoxy) is 1. The largest absolute Gasteiger partial charge is 0.495 e. The molecule has 2 unspecified atom stereocenters. The maximum atomic E-state index is 12.1. The second-order valence-electron chi connectivity index (χ2n) is 8.83. The van der Waals surface area contributed by atoms with Gasteiger partial charge in [0, 0.05) is 29.0 Å². The first-order chi connectivity index (χ1) is 17.8. The van der Waals surface area contributed by atoms with E-state index in [2.05, 4.69) is 50.8 Å². The minimum Gasteiger partial charge on any atom is -0.495 e. The smallest absolute Gasteiger partial charge is 0.229 e. The number of nitrogens with zero attached hydrogens (tertiary/aromatic N) is 3. The molecule has 2 aromatic carbocycles. The van der Waals surface area contributed by atoms with E-state index in [1.165, 1.54) is 7.11 Å². The van der Waals surface area contributed by atoms with Crippen LogP contribution < -0.4 is 19.7 Å². The van der Waals surface area contributed by atoms with Crippen LogP contribution in [0.1, 0.15) is 29.2 Å². The van der Waals surface area contributed by atoms with Gasteiger partial charge in [0.2, 0.25) is 10.0 Å². The second kappa shape index (κ2) is 9.87. The van der Waals surface area contributed by atoms with Crippen LogP contribution >= 0.6 is 12.2 Å². The van der Waals surface area contributed by atoms with E-state index >= 15 is 0 Å². The second-order valence-corrected chi connectivity index (χ2v) is 11.0. The van der Waals surface area contributed by atoms with E-state index in [4.69, 9.17) is 17.0 Å². The fraction of sp³-hybridized carbons (Fsp3) is 0.185. The zero-order valence-corrected chi connectivity index (χ0v) is 22.3. The number of rotatable bonds is 7. The molecule has 0 aliphatic carbocycles. The molecule has 8 nitrogen and oxygen atoms in total. The fourth-order valence-corrected chi connectivity index (χ4v) is 5.68. The van der Waals surface area contributed by atoms with Crippen LogP contribution in [0.2, 0.25) is 0 Å². The van der Waals surface area contributed by atoms with Gasteiger partial charge in [-0.05, 0) is 73.7 Å². The van der Waals surface area contributed by atoms with Gasteiger partial charge in [-0.15, -0.1) is 0 Å². The minimum atomic E-state index is -3.53. The molecule has 10 heteroatoms. The summed E-state index contributed by atoms with van der Waals surface area (Å²) < 4.78 is 34.3. The highest BCUT2D eigenvalue weighted by Crippen LogP contribution is 2.44. The van der Waals surface area contributed by atoms with Crippen LogP contribution in [0.15, 0.2) is 85.1 Å². The number of thiocarbonyl (C=S) groups is 1. The number of hydrogen-bond donors (Lipinski definition) is 2. The van der Waals surface area contributed by atoms with Crippen molar-refractivity contribution >= 4 is 38.7 Å². The van der Waals surface area contributed by atoms with Crippen LogP contribution in [0.5, 0.6) is 5.75 Å². The molecule has 0 saturated carbocycles. The lowest BCUT2D eigenvalue weighted by molar-refractivity contribution is 0.417. The zero-order valence-electron chi connectivity index (χ0n) is 20.6. The van der Waals surface area contributed by atoms with E-state index in [0.29, 0.717) is 22.2 Å². The number of sulfonamides is 1. The average molecular weight is 534 g/mol. The Morgan fingerprint density at radius 1 is 1.00 bits per heavy atom. The molecule has 1 aliphatic rings. The molecule has 0 amide bonds. The number of pyridine rings is 1. The van der Waals surface area contributed by atoms with Gasteiger partial charge in [0.25, 0.3) is 0 Å². The molecule has 2 N–H and O–H groups in total. The third-order valence-corrected chi connectivity index (χ3v) is 7.18. The van der Waals surface area contributed by atoms with E-state index in [0.717, 1.165) is 29.0 Å². The van der Waals surface area contributed by atoms with Crippen LogP contribution in [0.25, 0.3) is 5.69 Å². The third-order valence-electron chi connectivity index (χ3n) is 6.28. The maximum Gasteiger partial charge on any atom is 0.229 e. The van der Waals surface area contributed by atoms with Crippen LogP contribution in [0, 0.1) is 6.92 Å². The molecule has 0 radical (unpaired) electrons. The Bertz CT molecular complexity index is 1540. The summed E-state index contributed by atoms with van der Waals surface area (Å²) in [6.45, 7) is 2.07. The van der Waals surface area contributed by atoms with Gasteiger partial charge in [0.1, 0.15) is 11.8 Å². The van der Waals surface area contributed by atoms with E-state index in [9.17, 15) is 8.42 Å². The highest BCUT2D eigenvalue weighted by atomic mass is 32.2. The summed E-state index contributed by atoms with van der Waals surface area (Å²) in [5.74, 6) is 0.411. The summed E-state index contributed by atoms with van der Waals surface area (Å²) in [5.41, 5.74) is 5.02. The van der Waals surface area contributed by atoms with Crippen molar-refractivity contribution in [3.05, 3.63) is 102 Å². The summed E-state index contributed by atoms with van der Waals surface area (Å²) in [7, 11) is -2.03. The van der Waals surface area contributed by atoms with Gasteiger partial charge in [0.05, 0.1) is 30.8 Å². The highest BCUT2D eigenvalue weighted by molar-refractivity contribution is 7.92. The monoisotopic (exact) mass is 533 g/mol. The number of methoxy groups -OCH3 is 1. The molecule has 4 aromatic rings. The molecule has 0 bridgehead atoms. The number of benzene rings is 2. The maximum absolute atomic E-state index is 12.1. The summed E-state index contributed by atoms with van der Waals surface area (Å²) in [5, 5.41) is 3.97. The van der Waals surface area contributed by atoms with Gasteiger partial charge in [-0.1, -0.05) is 24.3 Å². The Hall–Kier alpha value is -3.89. The quantitative estimate of drug-likeness (QED) is 0.332. The van der Waals surface area contributed by atoms with Crippen molar-refractivity contribution in [2.24, 2.45) is 0 Å². The van der Waals surface area contributed by atoms with Crippen LogP contribution in [-0.4, -0.2) is 36.4 Å². The van der Waals surface area contributed by atoms with Crippen molar-refractivity contribution in [1.29, 1.82) is 0 Å². The van der Waals surface area contributed by atoms with Crippen molar-refractivity contribution < 1.29 is 13.2 Å². The molecule has 37 heavy (non-hydrogen) atoms. The molecular formula is C27H27N5O3S2. The fourth-order valence-electron chi connectivity index (χ4n) is 4.78. The molecule has 1 fully saturated rings. The highest BCUT2D eigenvalue weighted by Gasteiger charge is 2.42. The minimum absolute atomic E-state index is 0.251. The normalized spacial score (nSPS) is 17.5. The Kier molecular flexibility index (Phi) is 6.61. The first kappa shape index (κ1) is 24.8. The topological polar surface area (TPSA) is 88.5 Å². The first-order valence-corrected chi connectivity index (χ1v) is 14.0. The van der Waals surface area contributed by atoms with Crippen molar-refractivity contribution in [1.82, 2.24) is 14.9 Å². The summed E-state index contributed by atoms with van der Waals surface area (Å²) in [6, 6.07) is 25.0. The summed E-state index contributed by atoms with van der Waals surface area (Å²) in [6.07, 6.45) is 2.87. The van der Waals surface area contributed by atoms with E-state index in [1.807, 2.05) is 47.4 Å². The standard InChI is InChI=1S/C27H27N5O3S2/c1-18-12-14-23(31(18)19-9-5-4-6-10-19)26-25(21-11-7-8-16-28-21)29-27(36)32(26)20-13-15-24(35-2)22(17-20)30-37(3,33)34/h4-17,25-26,30H,1-3H3,(H,29,36). The average Bonchev–Trinajstić information content (AvgIpc) is 3.43. The van der Waals surface area contributed by atoms with Crippen molar-refractivity contribution in [2.45, 2.75) is 19.0 Å². The third kappa shape index (κ3) is 4.90. The lowest BCUT2D eigenvalue weighted by Gasteiger charge is -2.30. The first-order valence-electron chi connectivity index (χ1n) is 11.7. The van der Waals surface area contributed by atoms with Gasteiger partial charge in [-0.25, -0.2) is 8.42 Å². The van der Waals surface area contributed by atoms with Crippen LogP contribution in [0.4, 0.5) is 11.4 Å². The Morgan fingerprint density at radius 2 is 1.76 bits per heavy atom. The molecule has 2 aromatic heterocycles. The molecular weight excluding hydrogens is 506 g/mol. The number of hydrogen-bond acceptors (Lipinski definition) is 5. The molecule has 1 aliphatic heterocycles. The van der Waals surface area contributed by atoms with E-state index in [1.54, 1.807) is 18.3 Å². The number of nitrogens with one attached hydrogen (secondary N) is 2. The Balaban J connectivity index is 1.69. The van der Waals surface area contributed by atoms with Gasteiger partial charge >= 0.3 is 0 Å². The van der Waals surface area contributed by atoms with Crippen LogP contribution in [0.3, 0.4) is 0 Å². The molecule has 2 atom stereocenters. The molecule has 1 saturated heterocycles. The number of para-hydroxylation sites is 1. The van der Waals surface area contributed by atoms with Crippen molar-refractivity contribution in [3.63, 3.8) is 0 Å². The van der Waals surface area contributed by atoms with Gasteiger partial charge < -0.3 is 19.5 Å². The Morgan fingerprint density at radius 3 is 2.43 bits per heavy atom. The number of anilines is 2. The van der Waals surface area contributed by atoms with Gasteiger partial charge in [-0.2, -0.15) is 0 Å². The Labute approximate surface area is 222 Å². The predicted octanol–water partition coefficient (Wildman–Crippen LogP) is 4.74. The van der Waals surface area contributed by atoms with Crippen molar-refractivity contribution in [2.75, 3.05) is 23.0 Å². The molecule has 190 valence electrons. The van der Waals surface area contributed by atoms with Crippen LogP contribution in [-0.2, 0) is 10.0 Å². The van der Waals surface area contributed by atoms with E-state index in [-0.39, 0.29) is 12.1 Å².